The van der Waals surface area contributed by atoms with Gasteiger partial charge in [0, 0.05) is 9.61 Å². The lowest BCUT2D eigenvalue weighted by atomic mass is 9.91. The first kappa shape index (κ1) is 15.0. The van der Waals surface area contributed by atoms with E-state index in [-0.39, 0.29) is 12.1 Å². The molecule has 21 heavy (non-hydrogen) atoms. The molecular weight excluding hydrogens is 375 g/mol. The Balaban J connectivity index is 1.82. The van der Waals surface area contributed by atoms with E-state index in [1.807, 2.05) is 0 Å². The Bertz CT molecular complexity index is 617. The van der Waals surface area contributed by atoms with Crippen LogP contribution in [0.5, 0.6) is 0 Å². The Hall–Kier alpha value is -0.950. The average Bonchev–Trinajstić information content (AvgIpc) is 2.52. The zero-order valence-electron chi connectivity index (χ0n) is 11.8. The highest BCUT2D eigenvalue weighted by Gasteiger charge is 2.24. The molecule has 4 heteroatoms. The summed E-state index contributed by atoms with van der Waals surface area (Å²) >= 11 is 2.33. The van der Waals surface area contributed by atoms with Crippen molar-refractivity contribution in [1.29, 1.82) is 0 Å². The largest absolute Gasteiger partial charge is 0.373 e. The first-order valence-corrected chi connectivity index (χ1v) is 8.27. The maximum atomic E-state index is 5.99. The van der Waals surface area contributed by atoms with Crippen molar-refractivity contribution >= 4 is 22.6 Å². The standard InChI is InChI=1S/C17H19IN2O/c18-14-6-3-5-13(10-14)16(20-19)11-17-15-7-2-1-4-12(15)8-9-21-17/h1-7,10,16-17,20H,8-9,11,19H2. The van der Waals surface area contributed by atoms with Crippen LogP contribution in [0.4, 0.5) is 0 Å². The number of hydrogen-bond donors (Lipinski definition) is 2. The minimum absolute atomic E-state index is 0.0934. The fourth-order valence-corrected chi connectivity index (χ4v) is 3.48. The van der Waals surface area contributed by atoms with Gasteiger partial charge >= 0.3 is 0 Å². The van der Waals surface area contributed by atoms with Gasteiger partial charge in [0.1, 0.15) is 0 Å². The Morgan fingerprint density at radius 1 is 1.24 bits per heavy atom. The molecule has 0 radical (unpaired) electrons. The molecule has 0 saturated heterocycles. The van der Waals surface area contributed by atoms with Crippen molar-refractivity contribution in [2.24, 2.45) is 5.84 Å². The summed E-state index contributed by atoms with van der Waals surface area (Å²) in [5.74, 6) is 5.78. The monoisotopic (exact) mass is 394 g/mol. The van der Waals surface area contributed by atoms with Crippen LogP contribution in [0.2, 0.25) is 0 Å². The molecule has 3 rings (SSSR count). The van der Waals surface area contributed by atoms with E-state index in [9.17, 15) is 0 Å². The second-order valence-corrected chi connectivity index (χ2v) is 6.56. The maximum absolute atomic E-state index is 5.99. The number of ether oxygens (including phenoxy) is 1. The van der Waals surface area contributed by atoms with Gasteiger partial charge in [-0.15, -0.1) is 0 Å². The molecular formula is C17H19IN2O. The molecule has 1 heterocycles. The molecule has 0 spiro atoms. The van der Waals surface area contributed by atoms with Crippen LogP contribution in [0.25, 0.3) is 0 Å². The Kier molecular flexibility index (Phi) is 4.90. The number of fused-ring (bicyclic) bond motifs is 1. The van der Waals surface area contributed by atoms with E-state index in [4.69, 9.17) is 10.6 Å². The van der Waals surface area contributed by atoms with Gasteiger partial charge in [0.2, 0.25) is 0 Å². The summed E-state index contributed by atoms with van der Waals surface area (Å²) in [7, 11) is 0. The summed E-state index contributed by atoms with van der Waals surface area (Å²) in [5, 5.41) is 0. The average molecular weight is 394 g/mol. The summed E-state index contributed by atoms with van der Waals surface area (Å²) < 4.78 is 7.21. The molecule has 0 aromatic heterocycles. The minimum Gasteiger partial charge on any atom is -0.373 e. The quantitative estimate of drug-likeness (QED) is 0.474. The highest BCUT2D eigenvalue weighted by Crippen LogP contribution is 2.34. The SMILES string of the molecule is NNC(CC1OCCc2ccccc21)c1cccc(I)c1. The van der Waals surface area contributed by atoms with Crippen molar-refractivity contribution in [2.45, 2.75) is 25.0 Å². The highest BCUT2D eigenvalue weighted by atomic mass is 127. The normalized spacial score (nSPS) is 19.0. The zero-order valence-corrected chi connectivity index (χ0v) is 13.9. The predicted molar refractivity (Wildman–Crippen MR) is 92.7 cm³/mol. The Morgan fingerprint density at radius 3 is 2.90 bits per heavy atom. The smallest absolute Gasteiger partial charge is 0.0846 e. The topological polar surface area (TPSA) is 47.3 Å². The van der Waals surface area contributed by atoms with E-state index in [2.05, 4.69) is 76.5 Å². The van der Waals surface area contributed by atoms with E-state index in [0.29, 0.717) is 0 Å². The molecule has 0 bridgehead atoms. The van der Waals surface area contributed by atoms with Crippen LogP contribution in [0.1, 0.15) is 35.3 Å². The molecule has 2 unspecified atom stereocenters. The van der Waals surface area contributed by atoms with E-state index in [0.717, 1.165) is 19.4 Å². The van der Waals surface area contributed by atoms with Crippen LogP contribution in [-0.4, -0.2) is 6.61 Å². The Morgan fingerprint density at radius 2 is 2.10 bits per heavy atom. The van der Waals surface area contributed by atoms with Crippen LogP contribution in [0.15, 0.2) is 48.5 Å². The molecule has 0 aliphatic carbocycles. The lowest BCUT2D eigenvalue weighted by Crippen LogP contribution is -2.31. The molecule has 0 amide bonds. The lowest BCUT2D eigenvalue weighted by molar-refractivity contribution is 0.0293. The van der Waals surface area contributed by atoms with E-state index >= 15 is 0 Å². The number of nitrogens with two attached hydrogens (primary N) is 1. The summed E-state index contributed by atoms with van der Waals surface area (Å²) in [6.45, 7) is 0.783. The molecule has 2 aromatic rings. The van der Waals surface area contributed by atoms with Gasteiger partial charge in [0.25, 0.3) is 0 Å². The van der Waals surface area contributed by atoms with Gasteiger partial charge in [-0.3, -0.25) is 11.3 Å². The van der Waals surface area contributed by atoms with E-state index < -0.39 is 0 Å². The van der Waals surface area contributed by atoms with Gasteiger partial charge in [-0.1, -0.05) is 36.4 Å². The number of hydrazine groups is 1. The molecule has 0 fully saturated rings. The van der Waals surface area contributed by atoms with Crippen molar-refractivity contribution < 1.29 is 4.74 Å². The van der Waals surface area contributed by atoms with Gasteiger partial charge in [0.05, 0.1) is 12.7 Å². The summed E-state index contributed by atoms with van der Waals surface area (Å²) in [6.07, 6.45) is 1.94. The number of nitrogens with one attached hydrogen (secondary N) is 1. The van der Waals surface area contributed by atoms with E-state index in [1.165, 1.54) is 20.3 Å². The second-order valence-electron chi connectivity index (χ2n) is 5.32. The molecule has 1 aliphatic heterocycles. The fraction of sp³-hybridized carbons (Fsp3) is 0.294. The lowest BCUT2D eigenvalue weighted by Gasteiger charge is -2.29. The molecule has 0 saturated carbocycles. The molecule has 110 valence electrons. The van der Waals surface area contributed by atoms with Gasteiger partial charge < -0.3 is 4.74 Å². The van der Waals surface area contributed by atoms with E-state index in [1.54, 1.807) is 0 Å². The number of benzene rings is 2. The number of hydrogen-bond acceptors (Lipinski definition) is 3. The van der Waals surface area contributed by atoms with Crippen LogP contribution in [-0.2, 0) is 11.2 Å². The Labute approximate surface area is 139 Å². The van der Waals surface area contributed by atoms with Gasteiger partial charge in [-0.25, -0.2) is 0 Å². The van der Waals surface area contributed by atoms with Crippen LogP contribution in [0, 0.1) is 3.57 Å². The molecule has 2 aromatic carbocycles. The molecule has 2 atom stereocenters. The summed E-state index contributed by atoms with van der Waals surface area (Å²) in [6, 6.07) is 17.1. The predicted octanol–water partition coefficient (Wildman–Crippen LogP) is 3.50. The fourth-order valence-electron chi connectivity index (χ4n) is 2.91. The second kappa shape index (κ2) is 6.87. The number of halogens is 1. The van der Waals surface area contributed by atoms with Gasteiger partial charge in [-0.2, -0.15) is 0 Å². The van der Waals surface area contributed by atoms with Crippen LogP contribution >= 0.6 is 22.6 Å². The first-order chi connectivity index (χ1) is 10.3. The third-order valence-electron chi connectivity index (χ3n) is 3.99. The van der Waals surface area contributed by atoms with Crippen molar-refractivity contribution in [3.8, 4) is 0 Å². The molecule has 3 N–H and O–H groups in total. The highest BCUT2D eigenvalue weighted by molar-refractivity contribution is 14.1. The third kappa shape index (κ3) is 3.45. The zero-order chi connectivity index (χ0) is 14.7. The third-order valence-corrected chi connectivity index (χ3v) is 4.67. The number of rotatable bonds is 4. The molecule has 3 nitrogen and oxygen atoms in total. The van der Waals surface area contributed by atoms with Crippen molar-refractivity contribution in [3.05, 3.63) is 68.8 Å². The van der Waals surface area contributed by atoms with Crippen molar-refractivity contribution in [2.75, 3.05) is 6.61 Å². The summed E-state index contributed by atoms with van der Waals surface area (Å²) in [5.41, 5.74) is 6.84. The van der Waals surface area contributed by atoms with Crippen LogP contribution < -0.4 is 11.3 Å². The molecule has 1 aliphatic rings. The van der Waals surface area contributed by atoms with Crippen molar-refractivity contribution in [3.63, 3.8) is 0 Å². The van der Waals surface area contributed by atoms with Gasteiger partial charge in [-0.05, 0) is 64.3 Å². The maximum Gasteiger partial charge on any atom is 0.0846 e. The minimum atomic E-state index is 0.0934. The van der Waals surface area contributed by atoms with Crippen LogP contribution in [0.3, 0.4) is 0 Å². The van der Waals surface area contributed by atoms with Crippen molar-refractivity contribution in [1.82, 2.24) is 5.43 Å². The first-order valence-electron chi connectivity index (χ1n) is 7.19. The summed E-state index contributed by atoms with van der Waals surface area (Å²) in [4.78, 5) is 0. The van der Waals surface area contributed by atoms with Gasteiger partial charge in [0.15, 0.2) is 0 Å².